The van der Waals surface area contributed by atoms with E-state index in [2.05, 4.69) is 0 Å². The Bertz CT molecular complexity index is 480. The minimum atomic E-state index is -0.159. The van der Waals surface area contributed by atoms with E-state index in [1.807, 2.05) is 6.07 Å². The van der Waals surface area contributed by atoms with Crippen LogP contribution in [0.4, 0.5) is 0 Å². The molecule has 2 aromatic rings. The minimum Gasteiger partial charge on any atom is -0.507 e. The Morgan fingerprint density at radius 3 is 2.06 bits per heavy atom. The molecule has 0 saturated carbocycles. The van der Waals surface area contributed by atoms with E-state index in [0.717, 1.165) is 0 Å². The number of rotatable bonds is 2. The fourth-order valence-corrected chi connectivity index (χ4v) is 1.41. The lowest BCUT2D eigenvalue weighted by Gasteiger charge is -2.02. The van der Waals surface area contributed by atoms with Crippen LogP contribution < -0.4 is 0 Å². The Balaban J connectivity index is 0.00000128. The normalized spacial score (nSPS) is 9.25. The average molecular weight is 229 g/mol. The average Bonchev–Trinajstić information content (AvgIpc) is 2.30. The molecule has 2 nitrogen and oxygen atoms in total. The molecule has 0 aliphatic carbocycles. The van der Waals surface area contributed by atoms with E-state index in [9.17, 15) is 9.90 Å². The third-order valence-corrected chi connectivity index (χ3v) is 2.18. The first-order valence-corrected chi connectivity index (χ1v) is 4.67. The van der Waals surface area contributed by atoms with Gasteiger partial charge in [0.2, 0.25) is 0 Å². The van der Waals surface area contributed by atoms with E-state index in [-0.39, 0.29) is 21.4 Å². The van der Waals surface area contributed by atoms with Crippen LogP contribution in [0.25, 0.3) is 0 Å². The number of ketones is 1. The summed E-state index contributed by atoms with van der Waals surface area (Å²) < 4.78 is 0. The molecule has 1 N–H and O–H groups in total. The van der Waals surface area contributed by atoms with Crippen molar-refractivity contribution >= 4 is 15.7 Å². The standard InChI is InChI=1S/C13H10O2.P/c14-12-9-5-4-8-11(12)13(15)10-6-2-1-3-7-10;/h1-9,14H;. The number of hydrogen-bond donors (Lipinski definition) is 1. The van der Waals surface area contributed by atoms with Crippen molar-refractivity contribution in [1.82, 2.24) is 0 Å². The van der Waals surface area contributed by atoms with Gasteiger partial charge in [-0.1, -0.05) is 42.5 Å². The van der Waals surface area contributed by atoms with Crippen LogP contribution in [0.15, 0.2) is 54.6 Å². The highest BCUT2D eigenvalue weighted by Gasteiger charge is 2.11. The van der Waals surface area contributed by atoms with Gasteiger partial charge in [-0.25, -0.2) is 0 Å². The lowest BCUT2D eigenvalue weighted by atomic mass is 10.0. The number of hydrogen-bond acceptors (Lipinski definition) is 2. The molecule has 0 unspecified atom stereocenters. The highest BCUT2D eigenvalue weighted by molar-refractivity contribution is 6.92. The summed E-state index contributed by atoms with van der Waals surface area (Å²) in [5.41, 5.74) is 0.919. The molecule has 0 atom stereocenters. The number of benzene rings is 2. The molecular weight excluding hydrogens is 219 g/mol. The van der Waals surface area contributed by atoms with Crippen LogP contribution in [-0.4, -0.2) is 10.9 Å². The zero-order chi connectivity index (χ0) is 10.7. The number of carbonyl (C=O) groups is 1. The van der Waals surface area contributed by atoms with Crippen molar-refractivity contribution in [2.24, 2.45) is 0 Å². The van der Waals surface area contributed by atoms with E-state index in [1.165, 1.54) is 6.07 Å². The van der Waals surface area contributed by atoms with Gasteiger partial charge in [-0.05, 0) is 12.1 Å². The van der Waals surface area contributed by atoms with Gasteiger partial charge in [-0.2, -0.15) is 0 Å². The number of phenols is 1. The van der Waals surface area contributed by atoms with E-state index < -0.39 is 0 Å². The first-order valence-electron chi connectivity index (χ1n) is 4.67. The number of para-hydroxylation sites is 1. The topological polar surface area (TPSA) is 37.3 Å². The lowest BCUT2D eigenvalue weighted by Crippen LogP contribution is -2.00. The van der Waals surface area contributed by atoms with Crippen molar-refractivity contribution in [3.8, 4) is 5.75 Å². The summed E-state index contributed by atoms with van der Waals surface area (Å²) in [4.78, 5) is 11.9. The molecule has 0 saturated heterocycles. The van der Waals surface area contributed by atoms with Crippen molar-refractivity contribution in [2.75, 3.05) is 0 Å². The van der Waals surface area contributed by atoms with Crippen molar-refractivity contribution in [2.45, 2.75) is 0 Å². The molecule has 0 aromatic heterocycles. The van der Waals surface area contributed by atoms with E-state index in [1.54, 1.807) is 42.5 Å². The van der Waals surface area contributed by atoms with Gasteiger partial charge in [-0.15, -0.1) is 0 Å². The largest absolute Gasteiger partial charge is 0.507 e. The molecule has 0 aliphatic rings. The number of carbonyl (C=O) groups excluding carboxylic acids is 1. The SMILES string of the molecule is O=C(c1ccccc1)c1ccccc1O.[P]. The van der Waals surface area contributed by atoms with Gasteiger partial charge < -0.3 is 5.11 Å². The first kappa shape index (κ1) is 12.4. The maximum absolute atomic E-state index is 11.9. The van der Waals surface area contributed by atoms with Gasteiger partial charge in [0.1, 0.15) is 5.75 Å². The van der Waals surface area contributed by atoms with Gasteiger partial charge >= 0.3 is 0 Å². The van der Waals surface area contributed by atoms with Crippen LogP contribution in [0.5, 0.6) is 5.75 Å². The molecule has 79 valence electrons. The predicted octanol–water partition coefficient (Wildman–Crippen LogP) is 3.48. The predicted molar refractivity (Wildman–Crippen MR) is 64.9 cm³/mol. The molecule has 3 heteroatoms. The van der Waals surface area contributed by atoms with Crippen LogP contribution in [0, 0.1) is 0 Å². The van der Waals surface area contributed by atoms with Crippen molar-refractivity contribution < 1.29 is 9.90 Å². The van der Waals surface area contributed by atoms with Crippen LogP contribution in [0.1, 0.15) is 15.9 Å². The molecule has 0 amide bonds. The Labute approximate surface area is 97.6 Å². The third kappa shape index (κ3) is 2.47. The molecular formula is C13H10O2P. The molecule has 0 fully saturated rings. The maximum Gasteiger partial charge on any atom is 0.196 e. The van der Waals surface area contributed by atoms with Gasteiger partial charge in [-0.3, -0.25) is 4.79 Å². The fraction of sp³-hybridized carbons (Fsp3) is 0. The summed E-state index contributed by atoms with van der Waals surface area (Å²) >= 11 is 0. The summed E-state index contributed by atoms with van der Waals surface area (Å²) in [6, 6.07) is 15.5. The monoisotopic (exact) mass is 229 g/mol. The Kier molecular flexibility index (Phi) is 4.21. The summed E-state index contributed by atoms with van der Waals surface area (Å²) in [7, 11) is 0. The van der Waals surface area contributed by atoms with Crippen LogP contribution in [0.2, 0.25) is 0 Å². The fourth-order valence-electron chi connectivity index (χ4n) is 1.41. The Hall–Kier alpha value is -1.66. The number of phenolic OH excluding ortho intramolecular Hbond substituents is 1. The molecule has 0 aliphatic heterocycles. The molecule has 2 aromatic carbocycles. The quantitative estimate of drug-likeness (QED) is 0.632. The first-order chi connectivity index (χ1) is 7.29. The van der Waals surface area contributed by atoms with Crippen molar-refractivity contribution in [3.63, 3.8) is 0 Å². The van der Waals surface area contributed by atoms with E-state index in [4.69, 9.17) is 0 Å². The lowest BCUT2D eigenvalue weighted by molar-refractivity contribution is 0.103. The van der Waals surface area contributed by atoms with E-state index >= 15 is 0 Å². The second-order valence-electron chi connectivity index (χ2n) is 3.21. The molecule has 3 radical (unpaired) electrons. The number of aromatic hydroxyl groups is 1. The summed E-state index contributed by atoms with van der Waals surface area (Å²) in [5, 5.41) is 9.52. The third-order valence-electron chi connectivity index (χ3n) is 2.18. The van der Waals surface area contributed by atoms with Crippen molar-refractivity contribution in [3.05, 3.63) is 65.7 Å². The van der Waals surface area contributed by atoms with Gasteiger partial charge in [0, 0.05) is 15.5 Å². The van der Waals surface area contributed by atoms with Gasteiger partial charge in [0.25, 0.3) is 0 Å². The highest BCUT2D eigenvalue weighted by atomic mass is 31.0. The molecule has 0 bridgehead atoms. The van der Waals surface area contributed by atoms with E-state index in [0.29, 0.717) is 11.1 Å². The molecule has 16 heavy (non-hydrogen) atoms. The maximum atomic E-state index is 11.9. The highest BCUT2D eigenvalue weighted by Crippen LogP contribution is 2.19. The van der Waals surface area contributed by atoms with Crippen LogP contribution in [-0.2, 0) is 0 Å². The van der Waals surface area contributed by atoms with Gasteiger partial charge in [0.15, 0.2) is 5.78 Å². The summed E-state index contributed by atoms with van der Waals surface area (Å²) in [5.74, 6) is -0.139. The zero-order valence-corrected chi connectivity index (χ0v) is 9.39. The summed E-state index contributed by atoms with van der Waals surface area (Å²) in [6.07, 6.45) is 0. The second kappa shape index (κ2) is 5.43. The van der Waals surface area contributed by atoms with Crippen molar-refractivity contribution in [1.29, 1.82) is 0 Å². The zero-order valence-electron chi connectivity index (χ0n) is 8.50. The minimum absolute atomic E-state index is 0. The smallest absolute Gasteiger partial charge is 0.196 e. The Morgan fingerprint density at radius 2 is 1.44 bits per heavy atom. The molecule has 0 spiro atoms. The Morgan fingerprint density at radius 1 is 0.875 bits per heavy atom. The van der Waals surface area contributed by atoms with Crippen LogP contribution >= 0.6 is 9.90 Å². The second-order valence-corrected chi connectivity index (χ2v) is 3.21. The van der Waals surface area contributed by atoms with Gasteiger partial charge in [0.05, 0.1) is 5.56 Å². The molecule has 2 rings (SSSR count). The molecule has 0 heterocycles. The summed E-state index contributed by atoms with van der Waals surface area (Å²) in [6.45, 7) is 0. The van der Waals surface area contributed by atoms with Crippen LogP contribution in [0.3, 0.4) is 0 Å².